The Morgan fingerprint density at radius 1 is 1.00 bits per heavy atom. The van der Waals surface area contributed by atoms with Crippen LogP contribution in [0.25, 0.3) is 11.5 Å². The summed E-state index contributed by atoms with van der Waals surface area (Å²) in [5, 5.41) is 8.50. The summed E-state index contributed by atoms with van der Waals surface area (Å²) in [6.45, 7) is 7.85. The van der Waals surface area contributed by atoms with Crippen LogP contribution in [-0.4, -0.2) is 47.2 Å². The van der Waals surface area contributed by atoms with Gasteiger partial charge in [0.2, 0.25) is 11.8 Å². The predicted octanol–water partition coefficient (Wildman–Crippen LogP) is 5.43. The highest BCUT2D eigenvalue weighted by molar-refractivity contribution is 8.00. The number of anilines is 1. The van der Waals surface area contributed by atoms with Gasteiger partial charge in [0, 0.05) is 37.4 Å². The van der Waals surface area contributed by atoms with E-state index in [0.29, 0.717) is 11.1 Å². The highest BCUT2D eigenvalue weighted by atomic mass is 32.2. The molecule has 0 unspecified atom stereocenters. The summed E-state index contributed by atoms with van der Waals surface area (Å²) in [7, 11) is 0. The van der Waals surface area contributed by atoms with Gasteiger partial charge in [0.1, 0.15) is 5.25 Å². The first-order valence-electron chi connectivity index (χ1n) is 11.4. The molecule has 32 heavy (non-hydrogen) atoms. The molecule has 7 heteroatoms. The van der Waals surface area contributed by atoms with Crippen molar-refractivity contribution in [2.24, 2.45) is 0 Å². The fraction of sp³-hybridized carbons (Fsp3) is 0.400. The van der Waals surface area contributed by atoms with E-state index in [1.165, 1.54) is 23.9 Å². The molecule has 0 N–H and O–H groups in total. The fourth-order valence-corrected chi connectivity index (χ4v) is 5.01. The lowest BCUT2D eigenvalue weighted by Crippen LogP contribution is -2.38. The fourth-order valence-electron chi connectivity index (χ4n) is 4.05. The van der Waals surface area contributed by atoms with Crippen molar-refractivity contribution in [3.63, 3.8) is 0 Å². The zero-order valence-electron chi connectivity index (χ0n) is 18.7. The second-order valence-electron chi connectivity index (χ2n) is 7.89. The number of likely N-dealkylation sites (tertiary alicyclic amines) is 1. The van der Waals surface area contributed by atoms with Crippen molar-refractivity contribution in [1.82, 2.24) is 15.1 Å². The Morgan fingerprint density at radius 3 is 2.34 bits per heavy atom. The van der Waals surface area contributed by atoms with Gasteiger partial charge in [0.05, 0.1) is 0 Å². The Bertz CT molecular complexity index is 996. The van der Waals surface area contributed by atoms with Gasteiger partial charge in [-0.2, -0.15) is 0 Å². The summed E-state index contributed by atoms with van der Waals surface area (Å²) in [5.74, 6) is 0.583. The second kappa shape index (κ2) is 10.7. The van der Waals surface area contributed by atoms with E-state index in [4.69, 9.17) is 4.42 Å². The van der Waals surface area contributed by atoms with Crippen LogP contribution in [0.2, 0.25) is 0 Å². The first kappa shape index (κ1) is 22.4. The van der Waals surface area contributed by atoms with E-state index < -0.39 is 5.25 Å². The minimum Gasteiger partial charge on any atom is -0.411 e. The monoisotopic (exact) mass is 450 g/mol. The van der Waals surface area contributed by atoms with E-state index in [1.807, 2.05) is 47.4 Å². The number of thioether (sulfide) groups is 1. The molecule has 2 aromatic carbocycles. The lowest BCUT2D eigenvalue weighted by molar-refractivity contribution is -0.131. The summed E-state index contributed by atoms with van der Waals surface area (Å²) in [4.78, 5) is 17.6. The van der Waals surface area contributed by atoms with E-state index >= 15 is 0 Å². The third kappa shape index (κ3) is 5.15. The molecule has 0 bridgehead atoms. The molecular formula is C25H30N4O2S. The molecule has 1 aromatic heterocycles. The third-order valence-corrected chi connectivity index (χ3v) is 6.94. The van der Waals surface area contributed by atoms with Crippen LogP contribution >= 0.6 is 11.8 Å². The van der Waals surface area contributed by atoms with Gasteiger partial charge in [0.15, 0.2) is 0 Å². The van der Waals surface area contributed by atoms with Crippen LogP contribution in [-0.2, 0) is 4.79 Å². The summed E-state index contributed by atoms with van der Waals surface area (Å²) in [5.41, 5.74) is 3.00. The Kier molecular flexibility index (Phi) is 7.47. The Morgan fingerprint density at radius 2 is 1.69 bits per heavy atom. The van der Waals surface area contributed by atoms with Gasteiger partial charge in [-0.1, -0.05) is 30.3 Å². The van der Waals surface area contributed by atoms with Gasteiger partial charge in [-0.25, -0.2) is 0 Å². The van der Waals surface area contributed by atoms with Gasteiger partial charge in [-0.05, 0) is 74.7 Å². The largest absolute Gasteiger partial charge is 0.411 e. The van der Waals surface area contributed by atoms with Crippen LogP contribution in [0.4, 0.5) is 5.69 Å². The summed E-state index contributed by atoms with van der Waals surface area (Å²) < 4.78 is 5.97. The molecule has 4 rings (SSSR count). The molecule has 1 amide bonds. The molecule has 168 valence electrons. The highest BCUT2D eigenvalue weighted by Gasteiger charge is 2.29. The standard InChI is InChI=1S/C25H30N4O2S/c1-3-28(4-2)21-15-13-20(14-16-21)23-26-27-25(31-23)32-22(19-11-7-5-8-12-19)24(30)29-17-9-6-10-18-29/h5,7-8,11-16,22H,3-4,6,9-10,17-18H2,1-2H3/t22-/m1/s1. The number of amides is 1. The summed E-state index contributed by atoms with van der Waals surface area (Å²) >= 11 is 1.33. The summed E-state index contributed by atoms with van der Waals surface area (Å²) in [6.07, 6.45) is 3.31. The molecule has 3 aromatic rings. The maximum atomic E-state index is 13.3. The molecule has 0 saturated carbocycles. The molecule has 0 spiro atoms. The van der Waals surface area contributed by atoms with Crippen LogP contribution in [0, 0.1) is 0 Å². The van der Waals surface area contributed by atoms with Crippen LogP contribution in [0.15, 0.2) is 64.2 Å². The molecule has 1 aliphatic heterocycles. The normalized spacial score (nSPS) is 14.9. The number of nitrogens with zero attached hydrogens (tertiary/aromatic N) is 4. The Labute approximate surface area is 194 Å². The van der Waals surface area contributed by atoms with Crippen LogP contribution in [0.3, 0.4) is 0 Å². The quantitative estimate of drug-likeness (QED) is 0.427. The number of aromatic nitrogens is 2. The molecule has 1 aliphatic rings. The van der Waals surface area contributed by atoms with Crippen LogP contribution in [0.1, 0.15) is 43.9 Å². The number of carbonyl (C=O) groups excluding carboxylic acids is 1. The van der Waals surface area contributed by atoms with Crippen LogP contribution in [0.5, 0.6) is 0 Å². The van der Waals surface area contributed by atoms with Gasteiger partial charge < -0.3 is 14.2 Å². The van der Waals surface area contributed by atoms with Crippen molar-refractivity contribution in [3.05, 3.63) is 60.2 Å². The number of hydrogen-bond acceptors (Lipinski definition) is 6. The maximum absolute atomic E-state index is 13.3. The zero-order valence-corrected chi connectivity index (χ0v) is 19.6. The molecule has 1 saturated heterocycles. The lowest BCUT2D eigenvalue weighted by atomic mass is 10.1. The Hall–Kier alpha value is -2.80. The lowest BCUT2D eigenvalue weighted by Gasteiger charge is -2.29. The van der Waals surface area contributed by atoms with Crippen molar-refractivity contribution in [1.29, 1.82) is 0 Å². The third-order valence-electron chi connectivity index (χ3n) is 5.86. The smallest absolute Gasteiger partial charge is 0.277 e. The van der Waals surface area contributed by atoms with Crippen molar-refractivity contribution < 1.29 is 9.21 Å². The van der Waals surface area contributed by atoms with Gasteiger partial charge in [-0.15, -0.1) is 10.2 Å². The molecule has 1 fully saturated rings. The number of piperidine rings is 1. The van der Waals surface area contributed by atoms with Crippen molar-refractivity contribution in [3.8, 4) is 11.5 Å². The van der Waals surface area contributed by atoms with E-state index in [9.17, 15) is 4.79 Å². The average Bonchev–Trinajstić information content (AvgIpc) is 3.33. The predicted molar refractivity (Wildman–Crippen MR) is 129 cm³/mol. The van der Waals surface area contributed by atoms with E-state index in [0.717, 1.165) is 50.1 Å². The topological polar surface area (TPSA) is 62.5 Å². The minimum atomic E-state index is -0.396. The first-order chi connectivity index (χ1) is 15.7. The zero-order chi connectivity index (χ0) is 22.3. The first-order valence-corrected chi connectivity index (χ1v) is 12.3. The molecule has 1 atom stereocenters. The number of rotatable bonds is 8. The van der Waals surface area contributed by atoms with Crippen molar-refractivity contribution in [2.45, 2.75) is 43.6 Å². The van der Waals surface area contributed by atoms with Gasteiger partial charge in [-0.3, -0.25) is 4.79 Å². The highest BCUT2D eigenvalue weighted by Crippen LogP contribution is 2.37. The van der Waals surface area contributed by atoms with E-state index in [2.05, 4.69) is 41.1 Å². The maximum Gasteiger partial charge on any atom is 0.277 e. The second-order valence-corrected chi connectivity index (χ2v) is 8.94. The van der Waals surface area contributed by atoms with Gasteiger partial charge >= 0.3 is 0 Å². The van der Waals surface area contributed by atoms with Gasteiger partial charge in [0.25, 0.3) is 5.22 Å². The SMILES string of the molecule is CCN(CC)c1ccc(-c2nnc(S[C@@H](C(=O)N3CCCCC3)c3ccccc3)o2)cc1. The average molecular weight is 451 g/mol. The van der Waals surface area contributed by atoms with Crippen molar-refractivity contribution in [2.75, 3.05) is 31.1 Å². The minimum absolute atomic E-state index is 0.115. The summed E-state index contributed by atoms with van der Waals surface area (Å²) in [6, 6.07) is 18.0. The Balaban J connectivity index is 1.53. The van der Waals surface area contributed by atoms with Crippen LogP contribution < -0.4 is 4.90 Å². The molecule has 0 aliphatic carbocycles. The number of hydrogen-bond donors (Lipinski definition) is 0. The number of carbonyl (C=O) groups is 1. The van der Waals surface area contributed by atoms with E-state index in [-0.39, 0.29) is 5.91 Å². The van der Waals surface area contributed by atoms with E-state index in [1.54, 1.807) is 0 Å². The van der Waals surface area contributed by atoms with Crippen molar-refractivity contribution >= 4 is 23.4 Å². The molecule has 2 heterocycles. The molecule has 6 nitrogen and oxygen atoms in total. The number of benzene rings is 2. The molecule has 0 radical (unpaired) electrons. The molecular weight excluding hydrogens is 420 g/mol.